The number of sulfone groups is 1. The molecule has 0 amide bonds. The predicted molar refractivity (Wildman–Crippen MR) is 71.7 cm³/mol. The molecule has 0 radical (unpaired) electrons. The van der Waals surface area contributed by atoms with Gasteiger partial charge in [0.2, 0.25) is 0 Å². The summed E-state index contributed by atoms with van der Waals surface area (Å²) in [6, 6.07) is 4.92. The topological polar surface area (TPSA) is 52.6 Å². The van der Waals surface area contributed by atoms with Crippen LogP contribution in [0.25, 0.3) is 0 Å². The number of benzene rings is 1. The second-order valence-electron chi connectivity index (χ2n) is 4.18. The number of hydrogen-bond donors (Lipinski definition) is 0. The first-order valence-electron chi connectivity index (χ1n) is 5.70. The summed E-state index contributed by atoms with van der Waals surface area (Å²) in [6.07, 6.45) is 1.11. The molecule has 0 aliphatic carbocycles. The molecule has 6 heteroatoms. The number of hydrogen-bond acceptors (Lipinski definition) is 4. The summed E-state index contributed by atoms with van der Waals surface area (Å²) < 4.78 is 36.0. The molecule has 18 heavy (non-hydrogen) atoms. The van der Waals surface area contributed by atoms with Crippen molar-refractivity contribution in [3.8, 4) is 5.75 Å². The van der Waals surface area contributed by atoms with E-state index in [1.165, 1.54) is 7.11 Å². The van der Waals surface area contributed by atoms with Crippen LogP contribution in [0, 0.1) is 0 Å². The van der Waals surface area contributed by atoms with Gasteiger partial charge in [-0.2, -0.15) is 0 Å². The summed E-state index contributed by atoms with van der Waals surface area (Å²) in [6.45, 7) is 1.02. The van der Waals surface area contributed by atoms with Crippen LogP contribution in [0.5, 0.6) is 5.75 Å². The monoisotopic (exact) mass is 334 g/mol. The average Bonchev–Trinajstić information content (AvgIpc) is 2.39. The Hall–Kier alpha value is -0.590. The standard InChI is InChI=1S/C12H15BrO4S/c1-16-10-6-9(13)7-12(8-10)18(14,15)11-2-4-17-5-3-11/h6-8,11H,2-5H2,1H3. The van der Waals surface area contributed by atoms with Gasteiger partial charge in [0.25, 0.3) is 0 Å². The van der Waals surface area contributed by atoms with Crippen LogP contribution in [-0.2, 0) is 14.6 Å². The molecule has 100 valence electrons. The molecule has 1 saturated heterocycles. The van der Waals surface area contributed by atoms with E-state index in [0.29, 0.717) is 41.2 Å². The fraction of sp³-hybridized carbons (Fsp3) is 0.500. The molecule has 2 rings (SSSR count). The first-order chi connectivity index (χ1) is 8.54. The third kappa shape index (κ3) is 2.87. The van der Waals surface area contributed by atoms with Crippen LogP contribution < -0.4 is 4.74 Å². The van der Waals surface area contributed by atoms with Crippen LogP contribution in [0.4, 0.5) is 0 Å². The zero-order valence-electron chi connectivity index (χ0n) is 10.1. The van der Waals surface area contributed by atoms with Crippen molar-refractivity contribution in [1.29, 1.82) is 0 Å². The molecule has 1 aromatic rings. The third-order valence-electron chi connectivity index (χ3n) is 3.02. The van der Waals surface area contributed by atoms with Gasteiger partial charge in [0, 0.05) is 17.7 Å². The average molecular weight is 335 g/mol. The highest BCUT2D eigenvalue weighted by molar-refractivity contribution is 9.10. The van der Waals surface area contributed by atoms with Crippen molar-refractivity contribution in [3.63, 3.8) is 0 Å². The van der Waals surface area contributed by atoms with Crippen molar-refractivity contribution >= 4 is 25.8 Å². The van der Waals surface area contributed by atoms with Gasteiger partial charge in [-0.15, -0.1) is 0 Å². The Labute approximate surface area is 115 Å². The summed E-state index contributed by atoms with van der Waals surface area (Å²) in [5.74, 6) is 0.537. The lowest BCUT2D eigenvalue weighted by Crippen LogP contribution is -2.29. The summed E-state index contributed by atoms with van der Waals surface area (Å²) in [5, 5.41) is -0.356. The molecule has 1 aliphatic heterocycles. The number of halogens is 1. The Morgan fingerprint density at radius 3 is 2.56 bits per heavy atom. The van der Waals surface area contributed by atoms with Crippen molar-refractivity contribution < 1.29 is 17.9 Å². The van der Waals surface area contributed by atoms with Crippen LogP contribution in [0.2, 0.25) is 0 Å². The summed E-state index contributed by atoms with van der Waals surface area (Å²) in [4.78, 5) is 0.306. The number of methoxy groups -OCH3 is 1. The fourth-order valence-corrected chi connectivity index (χ4v) is 4.39. The molecule has 0 saturated carbocycles. The molecular weight excluding hydrogens is 320 g/mol. The van der Waals surface area contributed by atoms with E-state index in [9.17, 15) is 8.42 Å². The fourth-order valence-electron chi connectivity index (χ4n) is 2.00. The van der Waals surface area contributed by atoms with Crippen molar-refractivity contribution in [2.24, 2.45) is 0 Å². The van der Waals surface area contributed by atoms with Crippen molar-refractivity contribution in [1.82, 2.24) is 0 Å². The molecular formula is C12H15BrO4S. The van der Waals surface area contributed by atoms with Gasteiger partial charge in [-0.1, -0.05) is 15.9 Å². The molecule has 1 aromatic carbocycles. The van der Waals surface area contributed by atoms with E-state index < -0.39 is 9.84 Å². The minimum atomic E-state index is -3.31. The molecule has 0 aromatic heterocycles. The molecule has 0 N–H and O–H groups in total. The molecule has 4 nitrogen and oxygen atoms in total. The highest BCUT2D eigenvalue weighted by Gasteiger charge is 2.29. The van der Waals surface area contributed by atoms with Crippen LogP contribution >= 0.6 is 15.9 Å². The lowest BCUT2D eigenvalue weighted by molar-refractivity contribution is 0.0983. The van der Waals surface area contributed by atoms with Crippen LogP contribution in [0.1, 0.15) is 12.8 Å². The summed E-state index contributed by atoms with van der Waals surface area (Å²) in [5.41, 5.74) is 0. The lowest BCUT2D eigenvalue weighted by Gasteiger charge is -2.22. The van der Waals surface area contributed by atoms with Gasteiger partial charge in [-0.25, -0.2) is 8.42 Å². The van der Waals surface area contributed by atoms with Gasteiger partial charge < -0.3 is 9.47 Å². The van der Waals surface area contributed by atoms with Crippen LogP contribution in [0.3, 0.4) is 0 Å². The van der Waals surface area contributed by atoms with E-state index >= 15 is 0 Å². The molecule has 1 heterocycles. The smallest absolute Gasteiger partial charge is 0.181 e. The second-order valence-corrected chi connectivity index (χ2v) is 7.33. The van der Waals surface area contributed by atoms with E-state index in [2.05, 4.69) is 15.9 Å². The summed E-state index contributed by atoms with van der Waals surface area (Å²) in [7, 11) is -1.79. The van der Waals surface area contributed by atoms with E-state index in [4.69, 9.17) is 9.47 Å². The highest BCUT2D eigenvalue weighted by atomic mass is 79.9. The van der Waals surface area contributed by atoms with Crippen molar-refractivity contribution in [2.45, 2.75) is 23.0 Å². The van der Waals surface area contributed by atoms with E-state index in [1.54, 1.807) is 18.2 Å². The molecule has 1 fully saturated rings. The maximum absolute atomic E-state index is 12.5. The lowest BCUT2D eigenvalue weighted by atomic mass is 10.2. The third-order valence-corrected chi connectivity index (χ3v) is 5.72. The molecule has 0 bridgehead atoms. The van der Waals surface area contributed by atoms with Gasteiger partial charge >= 0.3 is 0 Å². The zero-order chi connectivity index (χ0) is 13.2. The normalized spacial score (nSPS) is 17.7. The minimum Gasteiger partial charge on any atom is -0.497 e. The predicted octanol–water partition coefficient (Wildman–Crippen LogP) is 2.41. The number of ether oxygens (including phenoxy) is 2. The Bertz CT molecular complexity index is 521. The van der Waals surface area contributed by atoms with Crippen LogP contribution in [0.15, 0.2) is 27.6 Å². The van der Waals surface area contributed by atoms with Gasteiger partial charge in [0.15, 0.2) is 9.84 Å². The van der Waals surface area contributed by atoms with Gasteiger partial charge in [-0.05, 0) is 31.0 Å². The maximum atomic E-state index is 12.5. The molecule has 0 spiro atoms. The number of rotatable bonds is 3. The zero-order valence-corrected chi connectivity index (χ0v) is 12.5. The van der Waals surface area contributed by atoms with Gasteiger partial charge in [0.05, 0.1) is 17.3 Å². The van der Waals surface area contributed by atoms with Gasteiger partial charge in [0.1, 0.15) is 5.75 Å². The minimum absolute atomic E-state index is 0.306. The molecule has 0 atom stereocenters. The largest absolute Gasteiger partial charge is 0.497 e. The Balaban J connectivity index is 2.36. The Morgan fingerprint density at radius 1 is 1.28 bits per heavy atom. The maximum Gasteiger partial charge on any atom is 0.181 e. The first kappa shape index (κ1) is 13.8. The first-order valence-corrected chi connectivity index (χ1v) is 8.04. The molecule has 0 unspecified atom stereocenters. The Morgan fingerprint density at radius 2 is 1.94 bits per heavy atom. The van der Waals surface area contributed by atoms with E-state index in [-0.39, 0.29) is 5.25 Å². The quantitative estimate of drug-likeness (QED) is 0.851. The highest BCUT2D eigenvalue weighted by Crippen LogP contribution is 2.29. The van der Waals surface area contributed by atoms with Crippen molar-refractivity contribution in [3.05, 3.63) is 22.7 Å². The second kappa shape index (κ2) is 5.59. The van der Waals surface area contributed by atoms with Crippen LogP contribution in [-0.4, -0.2) is 34.0 Å². The Kier molecular flexibility index (Phi) is 4.29. The van der Waals surface area contributed by atoms with E-state index in [0.717, 1.165) is 0 Å². The van der Waals surface area contributed by atoms with Crippen molar-refractivity contribution in [2.75, 3.05) is 20.3 Å². The SMILES string of the molecule is COc1cc(Br)cc(S(=O)(=O)C2CCOCC2)c1. The summed E-state index contributed by atoms with van der Waals surface area (Å²) >= 11 is 3.30. The van der Waals surface area contributed by atoms with E-state index in [1.807, 2.05) is 0 Å². The van der Waals surface area contributed by atoms with Gasteiger partial charge in [-0.3, -0.25) is 0 Å². The molecule has 1 aliphatic rings.